The molecular formula is C12H15NO2S. The van der Waals surface area contributed by atoms with Crippen LogP contribution in [-0.2, 0) is 0 Å². The number of aryl methyl sites for hydroxylation is 1. The van der Waals surface area contributed by atoms with E-state index in [1.165, 1.54) is 11.8 Å². The maximum Gasteiger partial charge on any atom is 0.252 e. The first-order chi connectivity index (χ1) is 7.65. The maximum atomic E-state index is 10.7. The summed E-state index contributed by atoms with van der Waals surface area (Å²) >= 11 is 1.42. The molecule has 0 N–H and O–H groups in total. The third-order valence-corrected chi connectivity index (χ3v) is 3.26. The first-order valence-electron chi connectivity index (χ1n) is 5.21. The molecule has 0 fully saturated rings. The highest BCUT2D eigenvalue weighted by Crippen LogP contribution is 2.25. The summed E-state index contributed by atoms with van der Waals surface area (Å²) in [6.45, 7) is 3.94. The quantitative estimate of drug-likeness (QED) is 0.441. The average molecular weight is 237 g/mol. The van der Waals surface area contributed by atoms with E-state index in [1.54, 1.807) is 5.41 Å². The largest absolute Gasteiger partial charge is 0.259 e. The number of thioether (sulfide) groups is 1. The topological polar surface area (TPSA) is 43.1 Å². The predicted molar refractivity (Wildman–Crippen MR) is 67.0 cm³/mol. The number of hydrogen-bond acceptors (Lipinski definition) is 3. The molecule has 1 rings (SSSR count). The fourth-order valence-electron chi connectivity index (χ4n) is 1.27. The van der Waals surface area contributed by atoms with E-state index in [4.69, 9.17) is 0 Å². The van der Waals surface area contributed by atoms with Crippen LogP contribution in [0.1, 0.15) is 25.3 Å². The highest BCUT2D eigenvalue weighted by molar-refractivity contribution is 8.02. The summed E-state index contributed by atoms with van der Waals surface area (Å²) in [7, 11) is 0. The van der Waals surface area contributed by atoms with Crippen LogP contribution in [0.2, 0.25) is 0 Å². The van der Waals surface area contributed by atoms with E-state index in [0.717, 1.165) is 16.9 Å². The van der Waals surface area contributed by atoms with Crippen LogP contribution < -0.4 is 0 Å². The van der Waals surface area contributed by atoms with Gasteiger partial charge in [0, 0.05) is 16.7 Å². The lowest BCUT2D eigenvalue weighted by Crippen LogP contribution is -1.97. The third kappa shape index (κ3) is 3.70. The van der Waals surface area contributed by atoms with Crippen LogP contribution in [0.15, 0.2) is 40.3 Å². The van der Waals surface area contributed by atoms with Crippen molar-refractivity contribution >= 4 is 11.8 Å². The number of benzene rings is 1. The minimum absolute atomic E-state index is 0.288. The van der Waals surface area contributed by atoms with Gasteiger partial charge in [-0.25, -0.2) is 0 Å². The van der Waals surface area contributed by atoms with Crippen LogP contribution in [0.25, 0.3) is 0 Å². The van der Waals surface area contributed by atoms with E-state index in [9.17, 15) is 10.1 Å². The van der Waals surface area contributed by atoms with Gasteiger partial charge in [-0.1, -0.05) is 36.9 Å². The maximum absolute atomic E-state index is 10.7. The number of rotatable bonds is 5. The summed E-state index contributed by atoms with van der Waals surface area (Å²) < 4.78 is 0. The Hall–Kier alpha value is -1.29. The Morgan fingerprint density at radius 3 is 2.75 bits per heavy atom. The lowest BCUT2D eigenvalue weighted by molar-refractivity contribution is -0.427. The first kappa shape index (κ1) is 12.8. The monoisotopic (exact) mass is 237 g/mol. The molecule has 0 spiro atoms. The number of hydrogen-bond donors (Lipinski definition) is 0. The zero-order valence-electron chi connectivity index (χ0n) is 9.47. The highest BCUT2D eigenvalue weighted by atomic mass is 32.2. The van der Waals surface area contributed by atoms with Crippen molar-refractivity contribution in [3.8, 4) is 0 Å². The molecule has 0 aliphatic carbocycles. The minimum Gasteiger partial charge on any atom is -0.259 e. The summed E-state index contributed by atoms with van der Waals surface area (Å²) in [5.41, 5.74) is 1.43. The Labute approximate surface area is 99.7 Å². The van der Waals surface area contributed by atoms with Gasteiger partial charge in [-0.3, -0.25) is 10.1 Å². The van der Waals surface area contributed by atoms with Crippen molar-refractivity contribution in [2.45, 2.75) is 31.6 Å². The third-order valence-electron chi connectivity index (χ3n) is 2.16. The fraction of sp³-hybridized carbons (Fsp3) is 0.333. The predicted octanol–water partition coefficient (Wildman–Crippen LogP) is 4.01. The van der Waals surface area contributed by atoms with E-state index < -0.39 is 0 Å². The first-order valence-corrected chi connectivity index (χ1v) is 6.08. The normalized spacial score (nSPS) is 11.5. The van der Waals surface area contributed by atoms with Crippen LogP contribution in [0.3, 0.4) is 0 Å². The Morgan fingerprint density at radius 1 is 1.50 bits per heavy atom. The van der Waals surface area contributed by atoms with Crippen molar-refractivity contribution in [3.05, 3.63) is 51.0 Å². The van der Waals surface area contributed by atoms with Gasteiger partial charge in [0.25, 0.3) is 5.70 Å². The molecule has 1 aromatic rings. The summed E-state index contributed by atoms with van der Waals surface area (Å²) in [5, 5.41) is 12.4. The van der Waals surface area contributed by atoms with E-state index in [-0.39, 0.29) is 10.6 Å². The van der Waals surface area contributed by atoms with E-state index >= 15 is 0 Å². The van der Waals surface area contributed by atoms with Gasteiger partial charge in [0.2, 0.25) is 0 Å². The molecule has 3 nitrogen and oxygen atoms in total. The molecule has 0 radical (unpaired) electrons. The van der Waals surface area contributed by atoms with Gasteiger partial charge in [-0.15, -0.1) is 0 Å². The minimum atomic E-state index is -0.297. The summed E-state index contributed by atoms with van der Waals surface area (Å²) in [5.74, 6) is 0. The number of allylic oxidation sites excluding steroid dienone is 1. The Bertz CT molecular complexity index is 402. The molecule has 4 heteroatoms. The van der Waals surface area contributed by atoms with Crippen molar-refractivity contribution in [3.63, 3.8) is 0 Å². The summed E-state index contributed by atoms with van der Waals surface area (Å²) in [6.07, 6.45) is 1.31. The molecule has 1 aromatic carbocycles. The lowest BCUT2D eigenvalue weighted by atomic mass is 10.2. The number of nitrogens with zero attached hydrogens (tertiary/aromatic N) is 1. The Morgan fingerprint density at radius 2 is 2.19 bits per heavy atom. The van der Waals surface area contributed by atoms with Gasteiger partial charge in [0.05, 0.1) is 4.92 Å². The van der Waals surface area contributed by atoms with Crippen LogP contribution >= 0.6 is 11.8 Å². The molecule has 0 aliphatic heterocycles. The molecule has 0 saturated carbocycles. The van der Waals surface area contributed by atoms with Crippen LogP contribution in [0.4, 0.5) is 0 Å². The van der Waals surface area contributed by atoms with Crippen LogP contribution in [-0.4, -0.2) is 4.92 Å². The molecule has 0 saturated heterocycles. The molecule has 0 aromatic heterocycles. The molecular weight excluding hydrogens is 222 g/mol. The second-order valence-corrected chi connectivity index (χ2v) is 4.41. The van der Waals surface area contributed by atoms with Gasteiger partial charge in [-0.2, -0.15) is 0 Å². The zero-order valence-corrected chi connectivity index (χ0v) is 10.3. The Kier molecular flexibility index (Phi) is 5.05. The van der Waals surface area contributed by atoms with Gasteiger partial charge >= 0.3 is 0 Å². The number of nitro groups is 1. The lowest BCUT2D eigenvalue weighted by Gasteiger charge is -2.01. The smallest absolute Gasteiger partial charge is 0.252 e. The second-order valence-electron chi connectivity index (χ2n) is 3.50. The summed E-state index contributed by atoms with van der Waals surface area (Å²) in [4.78, 5) is 11.5. The standard InChI is InChI=1S/C12H15NO2S/c1-3-6-11(13(14)15)9-16-12-8-5-4-7-10(12)2/h4-5,7-9H,3,6H2,1-2H3. The van der Waals surface area contributed by atoms with Crippen molar-refractivity contribution in [1.29, 1.82) is 0 Å². The molecule has 0 aliphatic rings. The van der Waals surface area contributed by atoms with E-state index in [0.29, 0.717) is 6.42 Å². The average Bonchev–Trinajstić information content (AvgIpc) is 2.26. The van der Waals surface area contributed by atoms with Crippen molar-refractivity contribution in [1.82, 2.24) is 0 Å². The molecule has 86 valence electrons. The molecule has 16 heavy (non-hydrogen) atoms. The van der Waals surface area contributed by atoms with Crippen molar-refractivity contribution in [2.24, 2.45) is 0 Å². The Balaban J connectivity index is 2.77. The van der Waals surface area contributed by atoms with Crippen LogP contribution in [0, 0.1) is 17.0 Å². The molecule has 0 unspecified atom stereocenters. The highest BCUT2D eigenvalue weighted by Gasteiger charge is 2.09. The van der Waals surface area contributed by atoms with Gasteiger partial charge in [0.1, 0.15) is 0 Å². The van der Waals surface area contributed by atoms with Gasteiger partial charge in [-0.05, 0) is 25.0 Å². The van der Waals surface area contributed by atoms with Crippen molar-refractivity contribution in [2.75, 3.05) is 0 Å². The SMILES string of the molecule is CCCC(=CSc1ccccc1C)[N+](=O)[O-]. The molecule has 0 amide bonds. The van der Waals surface area contributed by atoms with Gasteiger partial charge < -0.3 is 0 Å². The van der Waals surface area contributed by atoms with Crippen LogP contribution in [0.5, 0.6) is 0 Å². The molecule has 0 bridgehead atoms. The van der Waals surface area contributed by atoms with E-state index in [2.05, 4.69) is 0 Å². The van der Waals surface area contributed by atoms with Crippen molar-refractivity contribution < 1.29 is 4.92 Å². The fourth-order valence-corrected chi connectivity index (χ4v) is 2.15. The molecule has 0 heterocycles. The zero-order chi connectivity index (χ0) is 12.0. The van der Waals surface area contributed by atoms with Gasteiger partial charge in [0.15, 0.2) is 0 Å². The van der Waals surface area contributed by atoms with E-state index in [1.807, 2.05) is 38.1 Å². The molecule has 0 atom stereocenters. The second kappa shape index (κ2) is 6.33. The summed E-state index contributed by atoms with van der Waals surface area (Å²) in [6, 6.07) is 7.88.